The summed E-state index contributed by atoms with van der Waals surface area (Å²) in [6.07, 6.45) is 3.98. The van der Waals surface area contributed by atoms with Gasteiger partial charge in [-0.25, -0.2) is 4.98 Å². The van der Waals surface area contributed by atoms with Gasteiger partial charge in [-0.1, -0.05) is 11.6 Å². The summed E-state index contributed by atoms with van der Waals surface area (Å²) in [6, 6.07) is 2.23. The van der Waals surface area contributed by atoms with Crippen LogP contribution in [-0.2, 0) is 0 Å². The van der Waals surface area contributed by atoms with Gasteiger partial charge in [-0.2, -0.15) is 11.8 Å². The minimum atomic E-state index is 0.500. The first-order valence-corrected chi connectivity index (χ1v) is 6.54. The van der Waals surface area contributed by atoms with Crippen LogP contribution in [0.1, 0.15) is 12.8 Å². The molecule has 2 rings (SSSR count). The SMILES string of the molecule is Nc1cnc(NC2CCSCC2)c(Cl)c1. The second kappa shape index (κ2) is 4.94. The molecular weight excluding hydrogens is 230 g/mol. The number of nitrogens with zero attached hydrogens (tertiary/aromatic N) is 1. The lowest BCUT2D eigenvalue weighted by Gasteiger charge is -2.23. The maximum Gasteiger partial charge on any atom is 0.145 e. The van der Waals surface area contributed by atoms with Crippen molar-refractivity contribution in [3.05, 3.63) is 17.3 Å². The highest BCUT2D eigenvalue weighted by Gasteiger charge is 2.14. The number of hydrogen-bond acceptors (Lipinski definition) is 4. The van der Waals surface area contributed by atoms with Crippen LogP contribution in [0.2, 0.25) is 5.02 Å². The van der Waals surface area contributed by atoms with E-state index in [4.69, 9.17) is 17.3 Å². The summed E-state index contributed by atoms with van der Waals surface area (Å²) >= 11 is 8.04. The smallest absolute Gasteiger partial charge is 0.145 e. The fourth-order valence-corrected chi connectivity index (χ4v) is 2.93. The Bertz CT molecular complexity index is 339. The molecule has 1 aliphatic rings. The second-order valence-corrected chi connectivity index (χ2v) is 5.26. The normalized spacial score (nSPS) is 17.7. The fourth-order valence-electron chi connectivity index (χ4n) is 1.59. The predicted octanol–water partition coefficient (Wildman–Crippen LogP) is 2.62. The predicted molar refractivity (Wildman–Crippen MR) is 67.6 cm³/mol. The van der Waals surface area contributed by atoms with Crippen molar-refractivity contribution in [1.29, 1.82) is 0 Å². The van der Waals surface area contributed by atoms with Gasteiger partial charge in [-0.05, 0) is 30.4 Å². The summed E-state index contributed by atoms with van der Waals surface area (Å²) in [5.41, 5.74) is 6.18. The first kappa shape index (κ1) is 10.9. The van der Waals surface area contributed by atoms with Crippen LogP contribution in [-0.4, -0.2) is 22.5 Å². The molecule has 5 heteroatoms. The van der Waals surface area contributed by atoms with Gasteiger partial charge in [0.25, 0.3) is 0 Å². The summed E-state index contributed by atoms with van der Waals surface area (Å²) in [6.45, 7) is 0. The molecule has 1 fully saturated rings. The average molecular weight is 244 g/mol. The van der Waals surface area contributed by atoms with E-state index in [1.807, 2.05) is 11.8 Å². The standard InChI is InChI=1S/C10H14ClN3S/c11-9-5-7(12)6-13-10(9)14-8-1-3-15-4-2-8/h5-6,8H,1-4,12H2,(H,13,14). The van der Waals surface area contributed by atoms with Crippen molar-refractivity contribution in [3.8, 4) is 0 Å². The Morgan fingerprint density at radius 2 is 2.20 bits per heavy atom. The molecule has 0 atom stereocenters. The molecular formula is C10H14ClN3S. The Balaban J connectivity index is 2.03. The van der Waals surface area contributed by atoms with Crippen LogP contribution in [0, 0.1) is 0 Å². The monoisotopic (exact) mass is 243 g/mol. The molecule has 1 aromatic rings. The van der Waals surface area contributed by atoms with Gasteiger partial charge in [0.1, 0.15) is 5.82 Å². The van der Waals surface area contributed by atoms with Crippen LogP contribution < -0.4 is 11.1 Å². The van der Waals surface area contributed by atoms with Crippen LogP contribution in [0.3, 0.4) is 0 Å². The first-order chi connectivity index (χ1) is 7.25. The number of thioether (sulfide) groups is 1. The van der Waals surface area contributed by atoms with Crippen LogP contribution in [0.5, 0.6) is 0 Å². The van der Waals surface area contributed by atoms with Crippen molar-refractivity contribution >= 4 is 34.9 Å². The number of anilines is 2. The molecule has 82 valence electrons. The lowest BCUT2D eigenvalue weighted by atomic mass is 10.1. The van der Waals surface area contributed by atoms with Crippen molar-refractivity contribution in [2.75, 3.05) is 22.6 Å². The third kappa shape index (κ3) is 2.92. The van der Waals surface area contributed by atoms with E-state index in [9.17, 15) is 0 Å². The maximum absolute atomic E-state index is 6.04. The molecule has 0 radical (unpaired) electrons. The van der Waals surface area contributed by atoms with Crippen molar-refractivity contribution in [1.82, 2.24) is 4.98 Å². The summed E-state index contributed by atoms with van der Waals surface area (Å²) in [5, 5.41) is 3.97. The molecule has 3 N–H and O–H groups in total. The topological polar surface area (TPSA) is 50.9 Å². The summed E-state index contributed by atoms with van der Waals surface area (Å²) in [4.78, 5) is 4.20. The molecule has 2 heterocycles. The highest BCUT2D eigenvalue weighted by atomic mass is 35.5. The van der Waals surface area contributed by atoms with E-state index in [0.717, 1.165) is 5.82 Å². The Morgan fingerprint density at radius 3 is 2.87 bits per heavy atom. The number of nitrogens with one attached hydrogen (secondary N) is 1. The zero-order valence-electron chi connectivity index (χ0n) is 8.37. The van der Waals surface area contributed by atoms with Crippen molar-refractivity contribution in [2.24, 2.45) is 0 Å². The molecule has 1 saturated heterocycles. The van der Waals surface area contributed by atoms with Crippen LogP contribution in [0.4, 0.5) is 11.5 Å². The Labute approximate surface area is 98.8 Å². The van der Waals surface area contributed by atoms with Crippen molar-refractivity contribution in [3.63, 3.8) is 0 Å². The van der Waals surface area contributed by atoms with E-state index >= 15 is 0 Å². The van der Waals surface area contributed by atoms with Crippen LogP contribution in [0.25, 0.3) is 0 Å². The number of nitrogen functional groups attached to an aromatic ring is 1. The molecule has 1 aliphatic heterocycles. The molecule has 0 amide bonds. The number of pyridine rings is 1. The molecule has 0 aromatic carbocycles. The quantitative estimate of drug-likeness (QED) is 0.839. The summed E-state index contributed by atoms with van der Waals surface area (Å²) < 4.78 is 0. The van der Waals surface area contributed by atoms with E-state index in [2.05, 4.69) is 10.3 Å². The van der Waals surface area contributed by atoms with Gasteiger partial charge in [0.2, 0.25) is 0 Å². The van der Waals surface area contributed by atoms with Gasteiger partial charge in [-0.3, -0.25) is 0 Å². The molecule has 3 nitrogen and oxygen atoms in total. The lowest BCUT2D eigenvalue weighted by Crippen LogP contribution is -2.25. The van der Waals surface area contributed by atoms with Crippen LogP contribution in [0.15, 0.2) is 12.3 Å². The highest BCUT2D eigenvalue weighted by molar-refractivity contribution is 7.99. The average Bonchev–Trinajstić information content (AvgIpc) is 2.24. The van der Waals surface area contributed by atoms with Gasteiger partial charge in [0.05, 0.1) is 16.9 Å². The van der Waals surface area contributed by atoms with Gasteiger partial charge < -0.3 is 11.1 Å². The Hall–Kier alpha value is -0.610. The van der Waals surface area contributed by atoms with E-state index < -0.39 is 0 Å². The third-order valence-electron chi connectivity index (χ3n) is 2.42. The van der Waals surface area contributed by atoms with Crippen molar-refractivity contribution < 1.29 is 0 Å². The van der Waals surface area contributed by atoms with E-state index in [1.54, 1.807) is 12.3 Å². The Kier molecular flexibility index (Phi) is 3.59. The largest absolute Gasteiger partial charge is 0.397 e. The lowest BCUT2D eigenvalue weighted by molar-refractivity contribution is 0.664. The zero-order valence-corrected chi connectivity index (χ0v) is 9.94. The van der Waals surface area contributed by atoms with Crippen molar-refractivity contribution in [2.45, 2.75) is 18.9 Å². The molecule has 0 aliphatic carbocycles. The maximum atomic E-state index is 6.04. The van der Waals surface area contributed by atoms with Gasteiger partial charge >= 0.3 is 0 Å². The van der Waals surface area contributed by atoms with Gasteiger partial charge in [-0.15, -0.1) is 0 Å². The van der Waals surface area contributed by atoms with E-state index in [1.165, 1.54) is 24.3 Å². The van der Waals surface area contributed by atoms with E-state index in [-0.39, 0.29) is 0 Å². The van der Waals surface area contributed by atoms with Crippen LogP contribution >= 0.6 is 23.4 Å². The molecule has 0 bridgehead atoms. The fraction of sp³-hybridized carbons (Fsp3) is 0.500. The Morgan fingerprint density at radius 1 is 1.47 bits per heavy atom. The molecule has 0 spiro atoms. The first-order valence-electron chi connectivity index (χ1n) is 5.01. The summed E-state index contributed by atoms with van der Waals surface area (Å²) in [5.74, 6) is 3.18. The number of rotatable bonds is 2. The number of halogens is 1. The molecule has 0 saturated carbocycles. The second-order valence-electron chi connectivity index (χ2n) is 3.63. The highest BCUT2D eigenvalue weighted by Crippen LogP contribution is 2.25. The number of hydrogen-bond donors (Lipinski definition) is 2. The molecule has 1 aromatic heterocycles. The minimum Gasteiger partial charge on any atom is -0.397 e. The number of aromatic nitrogens is 1. The third-order valence-corrected chi connectivity index (χ3v) is 3.76. The zero-order chi connectivity index (χ0) is 10.7. The van der Waals surface area contributed by atoms with Gasteiger partial charge in [0, 0.05) is 6.04 Å². The number of nitrogens with two attached hydrogens (primary N) is 1. The minimum absolute atomic E-state index is 0.500. The summed E-state index contributed by atoms with van der Waals surface area (Å²) in [7, 11) is 0. The van der Waals surface area contributed by atoms with Gasteiger partial charge in [0.15, 0.2) is 0 Å². The molecule has 0 unspecified atom stereocenters. The molecule has 15 heavy (non-hydrogen) atoms. The van der Waals surface area contributed by atoms with E-state index in [0.29, 0.717) is 16.8 Å².